The van der Waals surface area contributed by atoms with Crippen LogP contribution in [0.2, 0.25) is 0 Å². The summed E-state index contributed by atoms with van der Waals surface area (Å²) in [6.07, 6.45) is 13.5. The van der Waals surface area contributed by atoms with Crippen molar-refractivity contribution in [1.29, 1.82) is 0 Å². The zero-order valence-corrected chi connectivity index (χ0v) is 39.0. The molecule has 2 aliphatic carbocycles. The summed E-state index contributed by atoms with van der Waals surface area (Å²) in [6, 6.07) is 12.0. The second kappa shape index (κ2) is 24.7. The Balaban J connectivity index is 0.000000199. The summed E-state index contributed by atoms with van der Waals surface area (Å²) in [4.78, 5) is 81.1. The number of amides is 4. The lowest BCUT2D eigenvalue weighted by atomic mass is 9.83. The first-order valence-corrected chi connectivity index (χ1v) is 24.7. The minimum Gasteiger partial charge on any atom is -0.494 e. The number of hydrogen-bond donors (Lipinski definition) is 3. The van der Waals surface area contributed by atoms with Crippen molar-refractivity contribution in [1.82, 2.24) is 20.4 Å². The van der Waals surface area contributed by atoms with Gasteiger partial charge >= 0.3 is 11.9 Å². The highest BCUT2D eigenvalue weighted by Gasteiger charge is 2.46. The molecule has 4 aliphatic heterocycles. The molecule has 4 fully saturated rings. The van der Waals surface area contributed by atoms with E-state index < -0.39 is 36.1 Å². The number of carbonyl (C=O) groups is 6. The van der Waals surface area contributed by atoms with Crippen molar-refractivity contribution < 1.29 is 57.6 Å². The number of nitrogens with one attached hydrogen (secondary N) is 2. The van der Waals surface area contributed by atoms with E-state index in [1.165, 1.54) is 12.0 Å². The molecular formula is C51H70N4O12. The van der Waals surface area contributed by atoms with E-state index in [1.807, 2.05) is 48.5 Å². The molecule has 0 spiro atoms. The number of aliphatic carboxylic acids is 1. The van der Waals surface area contributed by atoms with Crippen LogP contribution in [0.1, 0.15) is 114 Å². The summed E-state index contributed by atoms with van der Waals surface area (Å²) in [7, 11) is 1.34. The molecule has 8 rings (SSSR count). The molecule has 67 heavy (non-hydrogen) atoms. The Morgan fingerprint density at radius 3 is 1.48 bits per heavy atom. The molecule has 16 heteroatoms. The molecule has 2 saturated carbocycles. The third kappa shape index (κ3) is 13.9. The average Bonchev–Trinajstić information content (AvgIpc) is 3.97. The molecule has 366 valence electrons. The van der Waals surface area contributed by atoms with Gasteiger partial charge in [-0.3, -0.25) is 19.2 Å². The molecule has 0 radical (unpaired) electrons. The number of ether oxygens (including phenoxy) is 5. The van der Waals surface area contributed by atoms with E-state index in [9.17, 15) is 33.9 Å². The molecular weight excluding hydrogens is 861 g/mol. The molecule has 0 aromatic heterocycles. The number of esters is 1. The van der Waals surface area contributed by atoms with Crippen LogP contribution in [-0.2, 0) is 55.8 Å². The second-order valence-electron chi connectivity index (χ2n) is 19.0. The number of carbonyl (C=O) groups excluding carboxylic acids is 5. The van der Waals surface area contributed by atoms with Crippen molar-refractivity contribution in [3.8, 4) is 11.5 Å². The maximum Gasteiger partial charge on any atom is 0.328 e. The lowest BCUT2D eigenvalue weighted by molar-refractivity contribution is -0.152. The van der Waals surface area contributed by atoms with Gasteiger partial charge in [0.05, 0.1) is 45.4 Å². The van der Waals surface area contributed by atoms with E-state index in [2.05, 4.69) is 10.6 Å². The van der Waals surface area contributed by atoms with Crippen LogP contribution in [0.4, 0.5) is 0 Å². The van der Waals surface area contributed by atoms with Gasteiger partial charge in [0.25, 0.3) is 0 Å². The summed E-state index contributed by atoms with van der Waals surface area (Å²) < 4.78 is 28.6. The van der Waals surface area contributed by atoms with E-state index in [1.54, 1.807) is 4.90 Å². The minimum atomic E-state index is -1.03. The molecule has 0 unspecified atom stereocenters. The topological polar surface area (TPSA) is 199 Å². The largest absolute Gasteiger partial charge is 0.494 e. The molecule has 16 nitrogen and oxygen atoms in total. The quantitative estimate of drug-likeness (QED) is 0.341. The van der Waals surface area contributed by atoms with Crippen molar-refractivity contribution in [2.24, 2.45) is 11.8 Å². The molecule has 4 amide bonds. The van der Waals surface area contributed by atoms with Gasteiger partial charge in [-0.05, 0) is 98.6 Å². The third-order valence-corrected chi connectivity index (χ3v) is 14.1. The van der Waals surface area contributed by atoms with E-state index in [0.717, 1.165) is 113 Å². The van der Waals surface area contributed by atoms with Gasteiger partial charge in [0.1, 0.15) is 35.7 Å². The molecule has 2 aromatic rings. The van der Waals surface area contributed by atoms with Crippen molar-refractivity contribution in [3.05, 3.63) is 59.7 Å². The van der Waals surface area contributed by atoms with Crippen molar-refractivity contribution in [2.75, 3.05) is 46.6 Å². The maximum absolute atomic E-state index is 13.8. The fraction of sp³-hybridized carbons (Fsp3) is 0.647. The maximum atomic E-state index is 13.8. The Morgan fingerprint density at radius 2 is 1.03 bits per heavy atom. The zero-order valence-electron chi connectivity index (χ0n) is 39.0. The van der Waals surface area contributed by atoms with Crippen LogP contribution in [0.25, 0.3) is 0 Å². The molecule has 2 saturated heterocycles. The first-order valence-electron chi connectivity index (χ1n) is 24.7. The van der Waals surface area contributed by atoms with E-state index in [-0.39, 0.29) is 73.5 Å². The Bertz CT molecular complexity index is 2000. The van der Waals surface area contributed by atoms with Crippen molar-refractivity contribution in [2.45, 2.75) is 152 Å². The lowest BCUT2D eigenvalue weighted by Gasteiger charge is -2.34. The number of methoxy groups -OCH3 is 1. The van der Waals surface area contributed by atoms with Crippen LogP contribution in [0.5, 0.6) is 11.5 Å². The highest BCUT2D eigenvalue weighted by molar-refractivity contribution is 5.93. The first-order chi connectivity index (χ1) is 32.6. The fourth-order valence-corrected chi connectivity index (χ4v) is 10.6. The van der Waals surface area contributed by atoms with E-state index in [0.29, 0.717) is 39.4 Å². The molecule has 4 heterocycles. The molecule has 8 bridgehead atoms. The van der Waals surface area contributed by atoms with Crippen LogP contribution in [0.3, 0.4) is 0 Å². The van der Waals surface area contributed by atoms with Crippen molar-refractivity contribution >= 4 is 35.6 Å². The summed E-state index contributed by atoms with van der Waals surface area (Å²) in [5.41, 5.74) is 1.66. The highest BCUT2D eigenvalue weighted by Crippen LogP contribution is 2.32. The van der Waals surface area contributed by atoms with Gasteiger partial charge in [-0.25, -0.2) is 9.59 Å². The molecule has 2 aromatic carbocycles. The normalized spacial score (nSPS) is 27.7. The number of benzene rings is 2. The van der Waals surface area contributed by atoms with Crippen LogP contribution in [0, 0.1) is 11.8 Å². The van der Waals surface area contributed by atoms with Gasteiger partial charge in [0.2, 0.25) is 23.6 Å². The van der Waals surface area contributed by atoms with Crippen LogP contribution in [0.15, 0.2) is 48.5 Å². The smallest absolute Gasteiger partial charge is 0.328 e. The van der Waals surface area contributed by atoms with Crippen LogP contribution in [-0.4, -0.2) is 133 Å². The summed E-state index contributed by atoms with van der Waals surface area (Å²) in [6.45, 7) is 2.69. The summed E-state index contributed by atoms with van der Waals surface area (Å²) >= 11 is 0. The number of carboxylic acids is 1. The lowest BCUT2D eigenvalue weighted by Crippen LogP contribution is -2.55. The molecule has 3 N–H and O–H groups in total. The van der Waals surface area contributed by atoms with E-state index >= 15 is 0 Å². The fourth-order valence-electron chi connectivity index (χ4n) is 10.6. The monoisotopic (exact) mass is 930 g/mol. The van der Waals surface area contributed by atoms with Gasteiger partial charge in [-0.2, -0.15) is 0 Å². The average molecular weight is 931 g/mol. The van der Waals surface area contributed by atoms with Crippen molar-refractivity contribution in [3.63, 3.8) is 0 Å². The number of fused-ring (bicyclic) bond motifs is 8. The third-order valence-electron chi connectivity index (χ3n) is 14.1. The Hall–Kier alpha value is -5.22. The SMILES string of the molecule is COC(=O)[C@@H]1C[C@@H]2CN1C(=O)[C@H](C1CCCCC1)NC(=O)Cc1cccc(c1)OCCCCO2.O=C1Cc2cccc(c2)OCCCCO[C@@H]2C[C@@H](C(=O)O)N(C2)C(=O)[C@H](C2CCCCC2)N1. The number of carboxylic acid groups (broad SMARTS) is 1. The summed E-state index contributed by atoms with van der Waals surface area (Å²) in [5.74, 6) is -0.872. The zero-order chi connectivity index (χ0) is 47.1. The van der Waals surface area contributed by atoms with E-state index in [4.69, 9.17) is 23.7 Å². The predicted molar refractivity (Wildman–Crippen MR) is 246 cm³/mol. The Morgan fingerprint density at radius 1 is 0.597 bits per heavy atom. The Kier molecular flexibility index (Phi) is 18.3. The number of hydrogen-bond acceptors (Lipinski definition) is 11. The number of rotatable bonds is 4. The van der Waals surface area contributed by atoms with Gasteiger partial charge in [-0.1, -0.05) is 62.8 Å². The first kappa shape index (κ1) is 49.7. The predicted octanol–water partition coefficient (Wildman–Crippen LogP) is 5.16. The highest BCUT2D eigenvalue weighted by atomic mass is 16.5. The Labute approximate surface area is 394 Å². The van der Waals surface area contributed by atoms with Gasteiger partial charge < -0.3 is 49.2 Å². The molecule has 6 atom stereocenters. The molecule has 6 aliphatic rings. The van der Waals surface area contributed by atoms with Gasteiger partial charge in [0.15, 0.2) is 0 Å². The van der Waals surface area contributed by atoms with Crippen LogP contribution < -0.4 is 20.1 Å². The summed E-state index contributed by atoms with van der Waals surface area (Å²) in [5, 5.41) is 15.8. The second-order valence-corrected chi connectivity index (χ2v) is 19.0. The van der Waals surface area contributed by atoms with Crippen LogP contribution >= 0.6 is 0 Å². The minimum absolute atomic E-state index is 0.0152. The number of nitrogens with zero attached hydrogens (tertiary/aromatic N) is 2. The van der Waals surface area contributed by atoms with Gasteiger partial charge in [0, 0.05) is 39.1 Å². The van der Waals surface area contributed by atoms with Gasteiger partial charge in [-0.15, -0.1) is 0 Å². The standard InChI is InChI=1S/C26H36N2O6.C25H34N2O6/c1-32-26(31)22-16-21-17-28(22)25(30)24(19-9-3-2-4-10-19)27-23(29)15-18-8-7-11-20(14-18)33-12-5-6-13-34-21;28-22-14-17-7-6-10-19(13-17)32-11-4-5-12-33-20-15-21(25(30)31)27(16-20)24(29)23(26-22)18-8-2-1-3-9-18/h7-8,11,14,19,21-22,24H,2-6,9-10,12-13,15-17H2,1H3,(H,27,29);6-7,10,13,18,20-21,23H,1-5,8-9,11-12,14-16H2,(H,26,28)(H,30,31)/t21-,22+,24+;20-,21+,23+/m11/s1.